The lowest BCUT2D eigenvalue weighted by atomic mass is 10.1. The highest BCUT2D eigenvalue weighted by atomic mass is 16.1. The van der Waals surface area contributed by atoms with E-state index in [-0.39, 0.29) is 11.8 Å². The van der Waals surface area contributed by atoms with Crippen LogP contribution in [0.5, 0.6) is 0 Å². The van der Waals surface area contributed by atoms with Crippen LogP contribution >= 0.6 is 0 Å². The molecule has 1 heterocycles. The minimum atomic E-state index is -0.0161. The summed E-state index contributed by atoms with van der Waals surface area (Å²) in [4.78, 5) is 14.2. The molecule has 17 heavy (non-hydrogen) atoms. The Labute approximate surface area is 105 Å². The molecule has 2 atom stereocenters. The molecule has 1 amide bonds. The Kier molecular flexibility index (Phi) is 5.92. The summed E-state index contributed by atoms with van der Waals surface area (Å²) in [5, 5.41) is 3.04. The number of hydrogen-bond donors (Lipinski definition) is 2. The van der Waals surface area contributed by atoms with E-state index in [0.717, 1.165) is 26.1 Å². The molecule has 0 spiro atoms. The molecule has 1 rings (SSSR count). The van der Waals surface area contributed by atoms with E-state index in [9.17, 15) is 4.79 Å². The van der Waals surface area contributed by atoms with Crippen LogP contribution in [0.15, 0.2) is 0 Å². The van der Waals surface area contributed by atoms with Crippen LogP contribution in [0, 0.1) is 11.8 Å². The fraction of sp³-hybridized carbons (Fsp3) is 0.923. The highest BCUT2D eigenvalue weighted by molar-refractivity contribution is 5.78. The molecule has 0 aromatic rings. The van der Waals surface area contributed by atoms with E-state index in [1.807, 2.05) is 6.92 Å². The zero-order chi connectivity index (χ0) is 12.8. The number of rotatable bonds is 6. The maximum atomic E-state index is 11.8. The number of nitrogens with one attached hydrogen (secondary N) is 1. The van der Waals surface area contributed by atoms with Gasteiger partial charge in [-0.05, 0) is 39.2 Å². The van der Waals surface area contributed by atoms with E-state index >= 15 is 0 Å². The third-order valence-electron chi connectivity index (χ3n) is 3.76. The number of nitrogens with zero attached hydrogens (tertiary/aromatic N) is 1. The Hall–Kier alpha value is -0.610. The fourth-order valence-electron chi connectivity index (χ4n) is 2.35. The molecule has 4 heteroatoms. The van der Waals surface area contributed by atoms with Crippen molar-refractivity contribution in [2.75, 3.05) is 26.2 Å². The predicted molar refractivity (Wildman–Crippen MR) is 70.7 cm³/mol. The quantitative estimate of drug-likeness (QED) is 0.724. The summed E-state index contributed by atoms with van der Waals surface area (Å²) in [6.07, 6.45) is 2.02. The molecule has 1 fully saturated rings. The Morgan fingerprint density at radius 1 is 1.53 bits per heavy atom. The highest BCUT2D eigenvalue weighted by Gasteiger charge is 2.25. The maximum absolute atomic E-state index is 11.8. The smallest absolute Gasteiger partial charge is 0.224 e. The molecule has 0 saturated carbocycles. The van der Waals surface area contributed by atoms with Gasteiger partial charge in [0.05, 0.1) is 0 Å². The van der Waals surface area contributed by atoms with Crippen molar-refractivity contribution in [1.82, 2.24) is 10.2 Å². The van der Waals surface area contributed by atoms with E-state index in [0.29, 0.717) is 18.5 Å². The van der Waals surface area contributed by atoms with Crippen LogP contribution in [0.4, 0.5) is 0 Å². The molecule has 0 aromatic carbocycles. The largest absolute Gasteiger partial charge is 0.355 e. The van der Waals surface area contributed by atoms with Gasteiger partial charge in [-0.25, -0.2) is 0 Å². The van der Waals surface area contributed by atoms with Crippen molar-refractivity contribution in [3.8, 4) is 0 Å². The molecular weight excluding hydrogens is 214 g/mol. The first kappa shape index (κ1) is 14.5. The summed E-state index contributed by atoms with van der Waals surface area (Å²) in [5.41, 5.74) is 5.56. The SMILES string of the molecule is CCC(CN)C(=O)NCC1CCN(C(C)C)C1. The van der Waals surface area contributed by atoms with Crippen molar-refractivity contribution in [3.05, 3.63) is 0 Å². The number of nitrogens with two attached hydrogens (primary N) is 1. The first-order valence-corrected chi connectivity index (χ1v) is 6.80. The zero-order valence-electron chi connectivity index (χ0n) is 11.4. The maximum Gasteiger partial charge on any atom is 0.224 e. The minimum Gasteiger partial charge on any atom is -0.355 e. The van der Waals surface area contributed by atoms with Crippen LogP contribution in [0.25, 0.3) is 0 Å². The van der Waals surface area contributed by atoms with Gasteiger partial charge in [-0.1, -0.05) is 6.92 Å². The molecule has 0 bridgehead atoms. The van der Waals surface area contributed by atoms with Gasteiger partial charge in [-0.2, -0.15) is 0 Å². The van der Waals surface area contributed by atoms with Crippen LogP contribution < -0.4 is 11.1 Å². The van der Waals surface area contributed by atoms with E-state index in [1.54, 1.807) is 0 Å². The summed E-state index contributed by atoms with van der Waals surface area (Å²) in [7, 11) is 0. The van der Waals surface area contributed by atoms with Gasteiger partial charge in [-0.3, -0.25) is 4.79 Å². The lowest BCUT2D eigenvalue weighted by Crippen LogP contribution is -2.38. The number of amides is 1. The van der Waals surface area contributed by atoms with Gasteiger partial charge >= 0.3 is 0 Å². The van der Waals surface area contributed by atoms with Gasteiger partial charge in [0.25, 0.3) is 0 Å². The van der Waals surface area contributed by atoms with Gasteiger partial charge in [0, 0.05) is 31.6 Å². The summed E-state index contributed by atoms with van der Waals surface area (Å²) in [6, 6.07) is 0.614. The minimum absolute atomic E-state index is 0.0161. The first-order valence-electron chi connectivity index (χ1n) is 6.80. The highest BCUT2D eigenvalue weighted by Crippen LogP contribution is 2.17. The van der Waals surface area contributed by atoms with Gasteiger partial charge in [0.15, 0.2) is 0 Å². The second-order valence-corrected chi connectivity index (χ2v) is 5.33. The third kappa shape index (κ3) is 4.28. The lowest BCUT2D eigenvalue weighted by molar-refractivity contribution is -0.124. The first-order chi connectivity index (χ1) is 8.08. The van der Waals surface area contributed by atoms with Crippen LogP contribution in [0.3, 0.4) is 0 Å². The van der Waals surface area contributed by atoms with E-state index < -0.39 is 0 Å². The van der Waals surface area contributed by atoms with Crippen molar-refractivity contribution in [3.63, 3.8) is 0 Å². The van der Waals surface area contributed by atoms with E-state index in [1.165, 1.54) is 6.42 Å². The topological polar surface area (TPSA) is 58.4 Å². The van der Waals surface area contributed by atoms with Gasteiger partial charge in [0.2, 0.25) is 5.91 Å². The molecule has 100 valence electrons. The number of carbonyl (C=O) groups is 1. The molecule has 1 aliphatic heterocycles. The third-order valence-corrected chi connectivity index (χ3v) is 3.76. The average Bonchev–Trinajstić information content (AvgIpc) is 2.76. The Balaban J connectivity index is 2.26. The fourth-order valence-corrected chi connectivity index (χ4v) is 2.35. The number of likely N-dealkylation sites (tertiary alicyclic amines) is 1. The second-order valence-electron chi connectivity index (χ2n) is 5.33. The molecular formula is C13H27N3O. The molecule has 0 radical (unpaired) electrons. The van der Waals surface area contributed by atoms with Gasteiger partial charge < -0.3 is 16.0 Å². The van der Waals surface area contributed by atoms with Crippen molar-refractivity contribution in [2.24, 2.45) is 17.6 Å². The standard InChI is InChI=1S/C13H27N3O/c1-4-12(7-14)13(17)15-8-11-5-6-16(9-11)10(2)3/h10-12H,4-9,14H2,1-3H3,(H,15,17). The summed E-state index contributed by atoms with van der Waals surface area (Å²) in [5.74, 6) is 0.715. The second kappa shape index (κ2) is 6.97. The van der Waals surface area contributed by atoms with Crippen molar-refractivity contribution < 1.29 is 4.79 Å². The Morgan fingerprint density at radius 3 is 2.71 bits per heavy atom. The van der Waals surface area contributed by atoms with Gasteiger partial charge in [0.1, 0.15) is 0 Å². The number of carbonyl (C=O) groups excluding carboxylic acids is 1. The monoisotopic (exact) mass is 241 g/mol. The van der Waals surface area contributed by atoms with Crippen molar-refractivity contribution >= 4 is 5.91 Å². The van der Waals surface area contributed by atoms with Crippen LogP contribution in [0.2, 0.25) is 0 Å². The van der Waals surface area contributed by atoms with Crippen molar-refractivity contribution in [2.45, 2.75) is 39.7 Å². The molecule has 1 aliphatic rings. The molecule has 2 unspecified atom stereocenters. The van der Waals surface area contributed by atoms with Crippen molar-refractivity contribution in [1.29, 1.82) is 0 Å². The molecule has 0 aromatic heterocycles. The molecule has 0 aliphatic carbocycles. The Bertz CT molecular complexity index is 239. The van der Waals surface area contributed by atoms with Crippen LogP contribution in [-0.2, 0) is 4.79 Å². The average molecular weight is 241 g/mol. The lowest BCUT2D eigenvalue weighted by Gasteiger charge is -2.20. The number of hydrogen-bond acceptors (Lipinski definition) is 3. The molecule has 1 saturated heterocycles. The van der Waals surface area contributed by atoms with Gasteiger partial charge in [-0.15, -0.1) is 0 Å². The van der Waals surface area contributed by atoms with Crippen LogP contribution in [-0.4, -0.2) is 43.0 Å². The summed E-state index contributed by atoms with van der Waals surface area (Å²) in [6.45, 7) is 9.98. The summed E-state index contributed by atoms with van der Waals surface area (Å²) < 4.78 is 0. The molecule has 4 nitrogen and oxygen atoms in total. The zero-order valence-corrected chi connectivity index (χ0v) is 11.4. The normalized spacial score (nSPS) is 23.0. The molecule has 3 N–H and O–H groups in total. The predicted octanol–water partition coefficient (Wildman–Crippen LogP) is 0.818. The van der Waals surface area contributed by atoms with E-state index in [2.05, 4.69) is 24.1 Å². The Morgan fingerprint density at radius 2 is 2.24 bits per heavy atom. The summed E-state index contributed by atoms with van der Waals surface area (Å²) >= 11 is 0. The van der Waals surface area contributed by atoms with Crippen LogP contribution in [0.1, 0.15) is 33.6 Å². The van der Waals surface area contributed by atoms with E-state index in [4.69, 9.17) is 5.73 Å².